The van der Waals surface area contributed by atoms with Crippen molar-refractivity contribution in [2.24, 2.45) is 0 Å². The maximum atomic E-state index is 14.0. The van der Waals surface area contributed by atoms with Crippen molar-refractivity contribution < 1.29 is 13.6 Å². The van der Waals surface area contributed by atoms with Crippen LogP contribution in [0.1, 0.15) is 15.9 Å². The second kappa shape index (κ2) is 6.51. The SMILES string of the molecule is Cc1cccc2c(Nc3cccc(F)c3F)ccc(C(=O)N(C)C)c12. The van der Waals surface area contributed by atoms with E-state index in [4.69, 9.17) is 0 Å². The normalized spacial score (nSPS) is 10.8. The Bertz CT molecular complexity index is 967. The average Bonchev–Trinajstić information content (AvgIpc) is 2.59. The van der Waals surface area contributed by atoms with Gasteiger partial charge >= 0.3 is 0 Å². The third-order valence-corrected chi connectivity index (χ3v) is 4.11. The van der Waals surface area contributed by atoms with Crippen LogP contribution in [0.2, 0.25) is 0 Å². The van der Waals surface area contributed by atoms with Crippen LogP contribution in [0.4, 0.5) is 20.2 Å². The third-order valence-electron chi connectivity index (χ3n) is 4.11. The number of halogens is 2. The molecule has 0 bridgehead atoms. The van der Waals surface area contributed by atoms with E-state index in [-0.39, 0.29) is 11.6 Å². The molecule has 0 aromatic heterocycles. The predicted molar refractivity (Wildman–Crippen MR) is 96.3 cm³/mol. The quantitative estimate of drug-likeness (QED) is 0.737. The number of benzene rings is 3. The van der Waals surface area contributed by atoms with Crippen LogP contribution in [-0.4, -0.2) is 24.9 Å². The number of fused-ring (bicyclic) bond motifs is 1. The van der Waals surface area contributed by atoms with Gasteiger partial charge in [0, 0.05) is 30.7 Å². The molecule has 3 aromatic carbocycles. The van der Waals surface area contributed by atoms with Crippen molar-refractivity contribution in [2.75, 3.05) is 19.4 Å². The van der Waals surface area contributed by atoms with Crippen LogP contribution in [-0.2, 0) is 0 Å². The number of carbonyl (C=O) groups excluding carboxylic acids is 1. The van der Waals surface area contributed by atoms with Crippen LogP contribution in [0.3, 0.4) is 0 Å². The maximum Gasteiger partial charge on any atom is 0.253 e. The van der Waals surface area contributed by atoms with Gasteiger partial charge in [-0.25, -0.2) is 8.78 Å². The lowest BCUT2D eigenvalue weighted by molar-refractivity contribution is 0.0829. The van der Waals surface area contributed by atoms with Crippen molar-refractivity contribution in [3.8, 4) is 0 Å². The van der Waals surface area contributed by atoms with Crippen LogP contribution in [0.25, 0.3) is 10.8 Å². The van der Waals surface area contributed by atoms with E-state index in [1.54, 1.807) is 26.2 Å². The van der Waals surface area contributed by atoms with Crippen LogP contribution < -0.4 is 5.32 Å². The molecule has 0 fully saturated rings. The molecule has 1 N–H and O–H groups in total. The van der Waals surface area contributed by atoms with E-state index in [0.29, 0.717) is 11.3 Å². The summed E-state index contributed by atoms with van der Waals surface area (Å²) in [6.07, 6.45) is 0. The summed E-state index contributed by atoms with van der Waals surface area (Å²) < 4.78 is 27.4. The molecule has 0 atom stereocenters. The summed E-state index contributed by atoms with van der Waals surface area (Å²) in [6, 6.07) is 13.0. The smallest absolute Gasteiger partial charge is 0.253 e. The molecule has 0 spiro atoms. The first kappa shape index (κ1) is 16.9. The summed E-state index contributed by atoms with van der Waals surface area (Å²) in [5.41, 5.74) is 2.17. The minimum atomic E-state index is -0.934. The minimum absolute atomic E-state index is 0.0505. The molecule has 0 unspecified atom stereocenters. The zero-order valence-electron chi connectivity index (χ0n) is 14.2. The number of rotatable bonds is 3. The van der Waals surface area contributed by atoms with Gasteiger partial charge in [0.25, 0.3) is 5.91 Å². The lowest BCUT2D eigenvalue weighted by Gasteiger charge is -2.17. The highest BCUT2D eigenvalue weighted by molar-refractivity contribution is 6.11. The lowest BCUT2D eigenvalue weighted by Crippen LogP contribution is -2.22. The first-order valence-electron chi connectivity index (χ1n) is 7.85. The highest BCUT2D eigenvalue weighted by Crippen LogP contribution is 2.32. The van der Waals surface area contributed by atoms with E-state index in [9.17, 15) is 13.6 Å². The van der Waals surface area contributed by atoms with Crippen molar-refractivity contribution >= 4 is 28.1 Å². The van der Waals surface area contributed by atoms with Crippen molar-refractivity contribution in [3.63, 3.8) is 0 Å². The number of amides is 1. The highest BCUT2D eigenvalue weighted by Gasteiger charge is 2.16. The molecule has 0 aliphatic rings. The fraction of sp³-hybridized carbons (Fsp3) is 0.150. The summed E-state index contributed by atoms with van der Waals surface area (Å²) in [6.45, 7) is 1.92. The van der Waals surface area contributed by atoms with Crippen LogP contribution in [0.5, 0.6) is 0 Å². The van der Waals surface area contributed by atoms with Crippen molar-refractivity contribution in [1.82, 2.24) is 4.90 Å². The van der Waals surface area contributed by atoms with Crippen molar-refractivity contribution in [2.45, 2.75) is 6.92 Å². The van der Waals surface area contributed by atoms with Gasteiger partial charge in [-0.1, -0.05) is 24.3 Å². The molecule has 5 heteroatoms. The summed E-state index contributed by atoms with van der Waals surface area (Å²) in [5, 5.41) is 4.51. The van der Waals surface area contributed by atoms with Gasteiger partial charge in [0.05, 0.1) is 5.69 Å². The summed E-state index contributed by atoms with van der Waals surface area (Å²) >= 11 is 0. The standard InChI is InChI=1S/C20H18F2N2O/c1-12-6-4-7-13-16(23-17-9-5-8-15(21)19(17)22)11-10-14(18(12)13)20(25)24(2)3/h4-11,23H,1-3H3. The molecule has 3 aromatic rings. The monoisotopic (exact) mass is 340 g/mol. The Balaban J connectivity index is 2.18. The number of anilines is 2. The summed E-state index contributed by atoms with van der Waals surface area (Å²) in [4.78, 5) is 14.0. The van der Waals surface area contributed by atoms with E-state index in [0.717, 1.165) is 22.4 Å². The second-order valence-corrected chi connectivity index (χ2v) is 6.08. The maximum absolute atomic E-state index is 14.0. The van der Waals surface area contributed by atoms with Gasteiger partial charge < -0.3 is 10.2 Å². The average molecular weight is 340 g/mol. The molecular weight excluding hydrogens is 322 g/mol. The topological polar surface area (TPSA) is 32.3 Å². The Morgan fingerprint density at radius 3 is 2.40 bits per heavy atom. The Kier molecular flexibility index (Phi) is 4.40. The molecule has 0 aliphatic heterocycles. The Morgan fingerprint density at radius 2 is 1.68 bits per heavy atom. The fourth-order valence-corrected chi connectivity index (χ4v) is 2.86. The molecule has 1 amide bonds. The van der Waals surface area contributed by atoms with Gasteiger partial charge in [0.15, 0.2) is 11.6 Å². The number of hydrogen-bond donors (Lipinski definition) is 1. The number of aryl methyl sites for hydroxylation is 1. The minimum Gasteiger partial charge on any atom is -0.353 e. The van der Waals surface area contributed by atoms with Gasteiger partial charge in [-0.15, -0.1) is 0 Å². The van der Waals surface area contributed by atoms with Crippen molar-refractivity contribution in [1.29, 1.82) is 0 Å². The Hall–Kier alpha value is -2.95. The van der Waals surface area contributed by atoms with Gasteiger partial charge in [0.2, 0.25) is 0 Å². The molecule has 3 rings (SSSR count). The van der Waals surface area contributed by atoms with E-state index >= 15 is 0 Å². The molecule has 0 saturated carbocycles. The van der Waals surface area contributed by atoms with Crippen LogP contribution in [0, 0.1) is 18.6 Å². The molecule has 0 radical (unpaired) electrons. The molecule has 3 nitrogen and oxygen atoms in total. The molecule has 0 saturated heterocycles. The fourth-order valence-electron chi connectivity index (χ4n) is 2.86. The van der Waals surface area contributed by atoms with E-state index in [1.165, 1.54) is 17.0 Å². The number of nitrogens with zero attached hydrogens (tertiary/aromatic N) is 1. The van der Waals surface area contributed by atoms with E-state index in [1.807, 2.05) is 25.1 Å². The van der Waals surface area contributed by atoms with Crippen LogP contribution in [0.15, 0.2) is 48.5 Å². The van der Waals surface area contributed by atoms with E-state index < -0.39 is 11.6 Å². The second-order valence-electron chi connectivity index (χ2n) is 6.08. The van der Waals surface area contributed by atoms with Gasteiger partial charge in [-0.2, -0.15) is 0 Å². The Labute approximate surface area is 144 Å². The largest absolute Gasteiger partial charge is 0.353 e. The predicted octanol–water partition coefficient (Wildman–Crippen LogP) is 4.87. The van der Waals surface area contributed by atoms with E-state index in [2.05, 4.69) is 5.32 Å². The number of nitrogens with one attached hydrogen (secondary N) is 1. The van der Waals surface area contributed by atoms with Crippen molar-refractivity contribution in [3.05, 3.63) is 71.3 Å². The zero-order valence-corrected chi connectivity index (χ0v) is 14.2. The zero-order chi connectivity index (χ0) is 18.1. The summed E-state index contributed by atoms with van der Waals surface area (Å²) in [7, 11) is 3.39. The lowest BCUT2D eigenvalue weighted by atomic mass is 9.97. The van der Waals surface area contributed by atoms with Gasteiger partial charge in [-0.3, -0.25) is 4.79 Å². The third kappa shape index (κ3) is 3.05. The first-order chi connectivity index (χ1) is 11.9. The molecule has 128 valence electrons. The first-order valence-corrected chi connectivity index (χ1v) is 7.85. The number of hydrogen-bond acceptors (Lipinski definition) is 2. The van der Waals surface area contributed by atoms with Gasteiger partial charge in [0.1, 0.15) is 0 Å². The summed E-state index contributed by atoms with van der Waals surface area (Å²) in [5.74, 6) is -1.95. The highest BCUT2D eigenvalue weighted by atomic mass is 19.2. The van der Waals surface area contributed by atoms with Crippen LogP contribution >= 0.6 is 0 Å². The van der Waals surface area contributed by atoms with Gasteiger partial charge in [-0.05, 0) is 42.1 Å². The molecule has 0 heterocycles. The number of carbonyl (C=O) groups is 1. The molecular formula is C20H18F2N2O. The Morgan fingerprint density at radius 1 is 0.960 bits per heavy atom. The molecule has 25 heavy (non-hydrogen) atoms. The molecule has 0 aliphatic carbocycles.